The van der Waals surface area contributed by atoms with Crippen molar-refractivity contribution in [3.63, 3.8) is 0 Å². The highest BCUT2D eigenvalue weighted by molar-refractivity contribution is 7.91. The number of alkyl halides is 2. The fourth-order valence-electron chi connectivity index (χ4n) is 3.26. The summed E-state index contributed by atoms with van der Waals surface area (Å²) in [4.78, 5) is 11.7. The van der Waals surface area contributed by atoms with Crippen molar-refractivity contribution in [1.29, 1.82) is 0 Å². The lowest BCUT2D eigenvalue weighted by atomic mass is 9.94. The van der Waals surface area contributed by atoms with E-state index in [1.54, 1.807) is 0 Å². The molecule has 2 aromatic rings. The molecule has 1 fully saturated rings. The number of halogens is 4. The van der Waals surface area contributed by atoms with Crippen molar-refractivity contribution in [2.75, 3.05) is 11.5 Å². The van der Waals surface area contributed by atoms with E-state index in [0.717, 1.165) is 61.4 Å². The SMILES string of the molecule is O=C(O)C(CS(=O)(=O)CC1CC1)N[C@H](c1ccc(F)cc1)C(F)(F)c1ccc(F)cc1. The van der Waals surface area contributed by atoms with Crippen LogP contribution >= 0.6 is 0 Å². The molecule has 31 heavy (non-hydrogen) atoms. The maximum absolute atomic E-state index is 15.4. The van der Waals surface area contributed by atoms with E-state index < -0.39 is 56.8 Å². The molecule has 1 aliphatic rings. The molecule has 1 aliphatic carbocycles. The van der Waals surface area contributed by atoms with Crippen molar-refractivity contribution in [1.82, 2.24) is 5.32 Å². The second-order valence-corrected chi connectivity index (χ2v) is 9.85. The highest BCUT2D eigenvalue weighted by atomic mass is 32.2. The molecule has 3 rings (SSSR count). The van der Waals surface area contributed by atoms with Crippen LogP contribution in [0.5, 0.6) is 0 Å². The third-order valence-electron chi connectivity index (χ3n) is 5.07. The van der Waals surface area contributed by atoms with Crippen LogP contribution in [0.15, 0.2) is 48.5 Å². The first-order valence-electron chi connectivity index (χ1n) is 9.56. The Hall–Kier alpha value is -2.46. The van der Waals surface area contributed by atoms with E-state index in [1.807, 2.05) is 0 Å². The summed E-state index contributed by atoms with van der Waals surface area (Å²) in [6.45, 7) is 0. The number of aliphatic carboxylic acids is 1. The third kappa shape index (κ3) is 6.04. The van der Waals surface area contributed by atoms with Crippen LogP contribution < -0.4 is 5.32 Å². The number of hydrogen-bond donors (Lipinski definition) is 2. The molecule has 0 aromatic heterocycles. The number of nitrogens with one attached hydrogen (secondary N) is 1. The van der Waals surface area contributed by atoms with Crippen molar-refractivity contribution >= 4 is 15.8 Å². The molecule has 2 N–H and O–H groups in total. The summed E-state index contributed by atoms with van der Waals surface area (Å²) in [5.41, 5.74) is -0.762. The Labute approximate surface area is 177 Å². The number of rotatable bonds is 10. The van der Waals surface area contributed by atoms with Gasteiger partial charge in [0, 0.05) is 5.56 Å². The van der Waals surface area contributed by atoms with E-state index in [4.69, 9.17) is 0 Å². The minimum absolute atomic E-state index is 0.0343. The van der Waals surface area contributed by atoms with Gasteiger partial charge < -0.3 is 5.11 Å². The third-order valence-corrected chi connectivity index (χ3v) is 6.89. The summed E-state index contributed by atoms with van der Waals surface area (Å²) < 4.78 is 82.0. The second kappa shape index (κ2) is 8.96. The molecule has 0 radical (unpaired) electrons. The molecule has 168 valence electrons. The molecular weight excluding hydrogens is 438 g/mol. The van der Waals surface area contributed by atoms with E-state index >= 15 is 8.78 Å². The Bertz CT molecular complexity index is 1020. The van der Waals surface area contributed by atoms with Crippen LogP contribution in [0.3, 0.4) is 0 Å². The Morgan fingerprint density at radius 1 is 1.03 bits per heavy atom. The number of carboxylic acids is 1. The van der Waals surface area contributed by atoms with Crippen LogP contribution in [0.25, 0.3) is 0 Å². The lowest BCUT2D eigenvalue weighted by molar-refractivity contribution is -0.140. The van der Waals surface area contributed by atoms with Crippen LogP contribution in [0, 0.1) is 17.6 Å². The van der Waals surface area contributed by atoms with Gasteiger partial charge >= 0.3 is 5.97 Å². The molecule has 0 spiro atoms. The van der Waals surface area contributed by atoms with Crippen molar-refractivity contribution in [2.45, 2.75) is 30.8 Å². The topological polar surface area (TPSA) is 83.5 Å². The number of carbonyl (C=O) groups is 1. The van der Waals surface area contributed by atoms with E-state index in [1.165, 1.54) is 0 Å². The summed E-state index contributed by atoms with van der Waals surface area (Å²) >= 11 is 0. The molecule has 0 aliphatic heterocycles. The smallest absolute Gasteiger partial charge is 0.321 e. The number of hydrogen-bond acceptors (Lipinski definition) is 4. The molecule has 2 atom stereocenters. The minimum Gasteiger partial charge on any atom is -0.480 e. The quantitative estimate of drug-likeness (QED) is 0.530. The lowest BCUT2D eigenvalue weighted by Crippen LogP contribution is -2.48. The zero-order chi connectivity index (χ0) is 22.8. The Kier molecular flexibility index (Phi) is 6.70. The van der Waals surface area contributed by atoms with Crippen molar-refractivity contribution in [3.05, 3.63) is 71.3 Å². The molecule has 5 nitrogen and oxygen atoms in total. The molecular formula is C21H21F4NO4S. The summed E-state index contributed by atoms with van der Waals surface area (Å²) in [5.74, 6) is -7.90. The highest BCUT2D eigenvalue weighted by Crippen LogP contribution is 2.41. The lowest BCUT2D eigenvalue weighted by Gasteiger charge is -2.31. The number of sulfone groups is 1. The van der Waals surface area contributed by atoms with Gasteiger partial charge in [-0.1, -0.05) is 24.3 Å². The van der Waals surface area contributed by atoms with Gasteiger partial charge in [-0.2, -0.15) is 8.78 Å². The first-order chi connectivity index (χ1) is 14.5. The monoisotopic (exact) mass is 459 g/mol. The van der Waals surface area contributed by atoms with E-state index in [-0.39, 0.29) is 17.2 Å². The molecule has 0 heterocycles. The fourth-order valence-corrected chi connectivity index (χ4v) is 5.20. The van der Waals surface area contributed by atoms with Gasteiger partial charge in [0.25, 0.3) is 5.92 Å². The van der Waals surface area contributed by atoms with Gasteiger partial charge in [0.05, 0.1) is 11.5 Å². The Morgan fingerprint density at radius 3 is 2.03 bits per heavy atom. The fraction of sp³-hybridized carbons (Fsp3) is 0.381. The summed E-state index contributed by atoms with van der Waals surface area (Å²) in [5, 5.41) is 11.8. The molecule has 0 bridgehead atoms. The Balaban J connectivity index is 1.95. The zero-order valence-corrected chi connectivity index (χ0v) is 17.1. The van der Waals surface area contributed by atoms with Gasteiger partial charge in [0.1, 0.15) is 23.7 Å². The number of carboxylic acid groups (broad SMARTS) is 1. The van der Waals surface area contributed by atoms with Crippen LogP contribution in [0.4, 0.5) is 17.6 Å². The molecule has 0 amide bonds. The molecule has 1 saturated carbocycles. The van der Waals surface area contributed by atoms with E-state index in [2.05, 4.69) is 5.32 Å². The largest absolute Gasteiger partial charge is 0.480 e. The van der Waals surface area contributed by atoms with Crippen LogP contribution in [-0.2, 0) is 20.6 Å². The molecule has 10 heteroatoms. The van der Waals surface area contributed by atoms with Gasteiger partial charge in [-0.05, 0) is 48.6 Å². The van der Waals surface area contributed by atoms with Gasteiger partial charge in [-0.25, -0.2) is 17.2 Å². The first kappa shape index (κ1) is 23.2. The zero-order valence-electron chi connectivity index (χ0n) is 16.3. The molecule has 0 saturated heterocycles. The molecule has 2 aromatic carbocycles. The van der Waals surface area contributed by atoms with Gasteiger partial charge in [-0.3, -0.25) is 10.1 Å². The van der Waals surface area contributed by atoms with Gasteiger partial charge in [0.2, 0.25) is 0 Å². The maximum atomic E-state index is 15.4. The summed E-state index contributed by atoms with van der Waals surface area (Å²) in [6, 6.07) is 3.53. The van der Waals surface area contributed by atoms with Crippen LogP contribution in [0.1, 0.15) is 30.0 Å². The van der Waals surface area contributed by atoms with Crippen molar-refractivity contribution in [3.8, 4) is 0 Å². The van der Waals surface area contributed by atoms with Gasteiger partial charge in [-0.15, -0.1) is 0 Å². The van der Waals surface area contributed by atoms with Crippen LogP contribution in [0.2, 0.25) is 0 Å². The highest BCUT2D eigenvalue weighted by Gasteiger charge is 2.45. The first-order valence-corrected chi connectivity index (χ1v) is 11.4. The van der Waals surface area contributed by atoms with Crippen LogP contribution in [-0.4, -0.2) is 37.0 Å². The predicted molar refractivity (Wildman–Crippen MR) is 105 cm³/mol. The minimum atomic E-state index is -3.81. The second-order valence-electron chi connectivity index (χ2n) is 7.69. The Morgan fingerprint density at radius 2 is 1.55 bits per heavy atom. The van der Waals surface area contributed by atoms with E-state index in [0.29, 0.717) is 0 Å². The van der Waals surface area contributed by atoms with Crippen molar-refractivity contribution < 1.29 is 35.9 Å². The summed E-state index contributed by atoms with van der Waals surface area (Å²) in [6.07, 6.45) is 1.45. The number of benzene rings is 2. The maximum Gasteiger partial charge on any atom is 0.321 e. The average Bonchev–Trinajstić information content (AvgIpc) is 3.49. The average molecular weight is 459 g/mol. The normalized spacial score (nSPS) is 16.6. The van der Waals surface area contributed by atoms with Crippen molar-refractivity contribution in [2.24, 2.45) is 5.92 Å². The summed E-state index contributed by atoms with van der Waals surface area (Å²) in [7, 11) is -3.81. The standard InChI is InChI=1S/C21H21F4NO4S/c22-16-7-3-14(4-8-16)19(21(24,25)15-5-9-17(23)10-6-15)26-18(20(27)28)12-31(29,30)11-13-1-2-13/h3-10,13,18-19,26H,1-2,11-12H2,(H,27,28)/t18?,19-/m1/s1. The van der Waals surface area contributed by atoms with E-state index in [9.17, 15) is 27.1 Å². The predicted octanol–water partition coefficient (Wildman–Crippen LogP) is 3.67. The van der Waals surface area contributed by atoms with Gasteiger partial charge in [0.15, 0.2) is 9.84 Å². The molecule has 1 unspecified atom stereocenters.